The van der Waals surface area contributed by atoms with E-state index >= 15 is 0 Å². The predicted octanol–water partition coefficient (Wildman–Crippen LogP) is 0.935. The molecule has 2 N–H and O–H groups in total. The summed E-state index contributed by atoms with van der Waals surface area (Å²) in [7, 11) is 0. The van der Waals surface area contributed by atoms with Crippen LogP contribution in [-0.2, 0) is 17.9 Å². The molecule has 2 aromatic rings. The first-order valence-electron chi connectivity index (χ1n) is 5.73. The van der Waals surface area contributed by atoms with E-state index in [2.05, 4.69) is 10.5 Å². The summed E-state index contributed by atoms with van der Waals surface area (Å²) in [6.07, 6.45) is 2.54. The molecule has 18 heavy (non-hydrogen) atoms. The van der Waals surface area contributed by atoms with Crippen molar-refractivity contribution in [2.45, 2.75) is 19.3 Å². The van der Waals surface area contributed by atoms with Gasteiger partial charge in [-0.25, -0.2) is 0 Å². The van der Waals surface area contributed by atoms with Gasteiger partial charge in [0.1, 0.15) is 18.6 Å². The highest BCUT2D eigenvalue weighted by molar-refractivity contribution is 4.96. The number of nitrogens with zero attached hydrogens (tertiary/aromatic N) is 1. The van der Waals surface area contributed by atoms with E-state index in [-0.39, 0.29) is 6.61 Å². The Morgan fingerprint density at radius 3 is 3.06 bits per heavy atom. The summed E-state index contributed by atoms with van der Waals surface area (Å²) in [5.41, 5.74) is 0.804. The van der Waals surface area contributed by atoms with Gasteiger partial charge in [0, 0.05) is 19.2 Å². The highest BCUT2D eigenvalue weighted by Gasteiger charge is 2.05. The van der Waals surface area contributed by atoms with Crippen molar-refractivity contribution in [3.8, 4) is 0 Å². The molecule has 98 valence electrons. The van der Waals surface area contributed by atoms with Crippen molar-refractivity contribution in [2.24, 2.45) is 0 Å². The van der Waals surface area contributed by atoms with E-state index in [1.807, 2.05) is 6.07 Å². The van der Waals surface area contributed by atoms with Gasteiger partial charge in [-0.1, -0.05) is 5.16 Å². The van der Waals surface area contributed by atoms with Crippen LogP contribution in [0.15, 0.2) is 39.7 Å². The third-order valence-electron chi connectivity index (χ3n) is 2.31. The first-order valence-corrected chi connectivity index (χ1v) is 5.73. The minimum atomic E-state index is -0.563. The molecule has 0 radical (unpaired) electrons. The molecule has 2 aromatic heterocycles. The molecule has 0 saturated heterocycles. The molecule has 0 aliphatic heterocycles. The summed E-state index contributed by atoms with van der Waals surface area (Å²) in [5.74, 6) is 0.748. The molecular weight excluding hydrogens is 236 g/mol. The Morgan fingerprint density at radius 2 is 2.33 bits per heavy atom. The monoisotopic (exact) mass is 252 g/mol. The predicted molar refractivity (Wildman–Crippen MR) is 62.6 cm³/mol. The van der Waals surface area contributed by atoms with Crippen LogP contribution in [-0.4, -0.2) is 29.5 Å². The van der Waals surface area contributed by atoms with Gasteiger partial charge in [0.2, 0.25) is 0 Å². The van der Waals surface area contributed by atoms with E-state index in [4.69, 9.17) is 13.7 Å². The Balaban J connectivity index is 1.53. The molecule has 0 aliphatic rings. The maximum atomic E-state index is 9.64. The van der Waals surface area contributed by atoms with Crippen LogP contribution >= 0.6 is 0 Å². The average molecular weight is 252 g/mol. The molecule has 0 saturated carbocycles. The van der Waals surface area contributed by atoms with Crippen molar-refractivity contribution >= 4 is 0 Å². The van der Waals surface area contributed by atoms with E-state index in [0.29, 0.717) is 19.7 Å². The van der Waals surface area contributed by atoms with E-state index in [1.54, 1.807) is 18.4 Å². The maximum Gasteiger partial charge on any atom is 0.129 e. The number of aliphatic hydroxyl groups excluding tert-OH is 1. The summed E-state index contributed by atoms with van der Waals surface area (Å²) < 4.78 is 15.1. The zero-order chi connectivity index (χ0) is 12.6. The lowest BCUT2D eigenvalue weighted by molar-refractivity contribution is 0.0225. The van der Waals surface area contributed by atoms with Crippen LogP contribution in [0.25, 0.3) is 0 Å². The third kappa shape index (κ3) is 4.33. The Hall–Kier alpha value is -1.63. The molecule has 1 atom stereocenters. The average Bonchev–Trinajstić information content (AvgIpc) is 3.01. The minimum absolute atomic E-state index is 0.256. The molecule has 0 amide bonds. The molecule has 2 heterocycles. The SMILES string of the molecule is OC(CNCc1ccon1)COCc1ccco1. The van der Waals surface area contributed by atoms with Crippen LogP contribution in [0.5, 0.6) is 0 Å². The van der Waals surface area contributed by atoms with Crippen molar-refractivity contribution in [1.29, 1.82) is 0 Å². The number of hydrogen-bond acceptors (Lipinski definition) is 6. The van der Waals surface area contributed by atoms with Gasteiger partial charge in [0.15, 0.2) is 0 Å². The van der Waals surface area contributed by atoms with Crippen LogP contribution < -0.4 is 5.32 Å². The van der Waals surface area contributed by atoms with Crippen molar-refractivity contribution in [3.63, 3.8) is 0 Å². The summed E-state index contributed by atoms with van der Waals surface area (Å²) in [4.78, 5) is 0. The molecule has 6 nitrogen and oxygen atoms in total. The van der Waals surface area contributed by atoms with E-state index in [0.717, 1.165) is 11.5 Å². The fourth-order valence-corrected chi connectivity index (χ4v) is 1.44. The van der Waals surface area contributed by atoms with Crippen molar-refractivity contribution < 1.29 is 18.8 Å². The fraction of sp³-hybridized carbons (Fsp3) is 0.417. The van der Waals surface area contributed by atoms with E-state index in [1.165, 1.54) is 6.26 Å². The van der Waals surface area contributed by atoms with Gasteiger partial charge in [0.05, 0.1) is 24.7 Å². The normalized spacial score (nSPS) is 12.7. The first kappa shape index (κ1) is 12.8. The summed E-state index contributed by atoms with van der Waals surface area (Å²) >= 11 is 0. The van der Waals surface area contributed by atoms with Gasteiger partial charge in [0.25, 0.3) is 0 Å². The quantitative estimate of drug-likeness (QED) is 0.727. The summed E-state index contributed by atoms with van der Waals surface area (Å²) in [5, 5.41) is 16.4. The largest absolute Gasteiger partial charge is 0.467 e. The summed E-state index contributed by atoms with van der Waals surface area (Å²) in [6, 6.07) is 5.40. The minimum Gasteiger partial charge on any atom is -0.467 e. The lowest BCUT2D eigenvalue weighted by atomic mass is 10.3. The molecule has 0 aliphatic carbocycles. The maximum absolute atomic E-state index is 9.64. The zero-order valence-electron chi connectivity index (χ0n) is 9.91. The van der Waals surface area contributed by atoms with E-state index < -0.39 is 6.10 Å². The van der Waals surface area contributed by atoms with Gasteiger partial charge >= 0.3 is 0 Å². The van der Waals surface area contributed by atoms with Gasteiger partial charge in [-0.2, -0.15) is 0 Å². The van der Waals surface area contributed by atoms with Crippen molar-refractivity contribution in [3.05, 3.63) is 42.2 Å². The molecular formula is C12H16N2O4. The fourth-order valence-electron chi connectivity index (χ4n) is 1.44. The Labute approximate surface area is 105 Å². The van der Waals surface area contributed by atoms with Crippen LogP contribution in [0.2, 0.25) is 0 Å². The highest BCUT2D eigenvalue weighted by atomic mass is 16.5. The Kier molecular flexibility index (Phi) is 4.95. The molecule has 6 heteroatoms. The van der Waals surface area contributed by atoms with Crippen LogP contribution in [0, 0.1) is 0 Å². The second kappa shape index (κ2) is 6.95. The number of hydrogen-bond donors (Lipinski definition) is 2. The number of aliphatic hydroxyl groups is 1. The van der Waals surface area contributed by atoms with Gasteiger partial charge in [-0.3, -0.25) is 0 Å². The highest BCUT2D eigenvalue weighted by Crippen LogP contribution is 2.02. The number of aromatic nitrogens is 1. The molecule has 0 spiro atoms. The molecule has 0 aromatic carbocycles. The van der Waals surface area contributed by atoms with E-state index in [9.17, 15) is 5.11 Å². The molecule has 2 rings (SSSR count). The Morgan fingerprint density at radius 1 is 1.39 bits per heavy atom. The lowest BCUT2D eigenvalue weighted by Gasteiger charge is -2.11. The van der Waals surface area contributed by atoms with Crippen LogP contribution in [0.4, 0.5) is 0 Å². The zero-order valence-corrected chi connectivity index (χ0v) is 9.91. The second-order valence-electron chi connectivity index (χ2n) is 3.87. The van der Waals surface area contributed by atoms with Gasteiger partial charge in [-0.05, 0) is 12.1 Å². The smallest absolute Gasteiger partial charge is 0.129 e. The summed E-state index contributed by atoms with van der Waals surface area (Å²) in [6.45, 7) is 1.62. The van der Waals surface area contributed by atoms with Crippen LogP contribution in [0.3, 0.4) is 0 Å². The number of ether oxygens (including phenoxy) is 1. The molecule has 1 unspecified atom stereocenters. The van der Waals surface area contributed by atoms with Crippen LogP contribution in [0.1, 0.15) is 11.5 Å². The topological polar surface area (TPSA) is 80.7 Å². The van der Waals surface area contributed by atoms with Gasteiger partial charge in [-0.15, -0.1) is 0 Å². The Bertz CT molecular complexity index is 373. The standard InChI is InChI=1S/C12H16N2O4/c15-11(7-13-6-10-3-5-18-14-10)8-16-9-12-2-1-4-17-12/h1-5,11,13,15H,6-9H2. The number of furan rings is 1. The number of nitrogens with one attached hydrogen (secondary N) is 1. The van der Waals surface area contributed by atoms with Crippen molar-refractivity contribution in [2.75, 3.05) is 13.2 Å². The van der Waals surface area contributed by atoms with Crippen molar-refractivity contribution in [1.82, 2.24) is 10.5 Å². The lowest BCUT2D eigenvalue weighted by Crippen LogP contribution is -2.30. The molecule has 0 fully saturated rings. The second-order valence-corrected chi connectivity index (χ2v) is 3.87. The van der Waals surface area contributed by atoms with Gasteiger partial charge < -0.3 is 24.1 Å². The third-order valence-corrected chi connectivity index (χ3v) is 2.31. The first-order chi connectivity index (χ1) is 8.84. The number of rotatable bonds is 8. The molecule has 0 bridgehead atoms.